The molecule has 0 atom stereocenters. The van der Waals surface area contributed by atoms with Gasteiger partial charge in [0.15, 0.2) is 0 Å². The molecular formula is C17H22F2N4O. The standard InChI is InChI=1S/C17H22F2N4O/c1-11(2)10-22-15(16(18)19)14(9-21-22)17(24)23(12(3)4)13-6-5-7-20-8-13/h5-9,11-12,16H,10H2,1-4H3. The van der Waals surface area contributed by atoms with Crippen molar-refractivity contribution in [2.75, 3.05) is 4.90 Å². The Bertz CT molecular complexity index is 683. The lowest BCUT2D eigenvalue weighted by Gasteiger charge is -2.26. The number of rotatable bonds is 6. The second-order valence-corrected chi connectivity index (χ2v) is 6.30. The minimum absolute atomic E-state index is 0.0665. The van der Waals surface area contributed by atoms with Gasteiger partial charge in [-0.1, -0.05) is 13.8 Å². The summed E-state index contributed by atoms with van der Waals surface area (Å²) in [6.07, 6.45) is 1.60. The molecule has 1 amide bonds. The molecule has 0 aliphatic heterocycles. The Kier molecular flexibility index (Phi) is 5.64. The van der Waals surface area contributed by atoms with Crippen LogP contribution in [0.2, 0.25) is 0 Å². The summed E-state index contributed by atoms with van der Waals surface area (Å²) in [7, 11) is 0. The van der Waals surface area contributed by atoms with E-state index in [-0.39, 0.29) is 23.2 Å². The topological polar surface area (TPSA) is 51.0 Å². The number of pyridine rings is 1. The quantitative estimate of drug-likeness (QED) is 0.803. The van der Waals surface area contributed by atoms with E-state index in [0.717, 1.165) is 0 Å². The Labute approximate surface area is 140 Å². The Balaban J connectivity index is 2.45. The number of anilines is 1. The molecule has 0 N–H and O–H groups in total. The van der Waals surface area contributed by atoms with Crippen molar-refractivity contribution in [3.05, 3.63) is 42.0 Å². The van der Waals surface area contributed by atoms with Crippen molar-refractivity contribution in [1.29, 1.82) is 0 Å². The highest BCUT2D eigenvalue weighted by Gasteiger charge is 2.29. The van der Waals surface area contributed by atoms with E-state index in [2.05, 4.69) is 10.1 Å². The molecule has 2 aromatic heterocycles. The van der Waals surface area contributed by atoms with E-state index in [1.165, 1.54) is 15.8 Å². The molecule has 0 saturated carbocycles. The zero-order valence-corrected chi connectivity index (χ0v) is 14.3. The number of aromatic nitrogens is 3. The minimum Gasteiger partial charge on any atom is -0.304 e. The van der Waals surface area contributed by atoms with Crippen molar-refractivity contribution in [3.8, 4) is 0 Å². The van der Waals surface area contributed by atoms with Crippen molar-refractivity contribution in [1.82, 2.24) is 14.8 Å². The number of halogens is 2. The average Bonchev–Trinajstić information content (AvgIpc) is 2.91. The summed E-state index contributed by atoms with van der Waals surface area (Å²) < 4.78 is 28.3. The van der Waals surface area contributed by atoms with E-state index in [9.17, 15) is 13.6 Å². The van der Waals surface area contributed by atoms with Crippen LogP contribution in [0.1, 0.15) is 50.2 Å². The molecule has 24 heavy (non-hydrogen) atoms. The van der Waals surface area contributed by atoms with E-state index in [0.29, 0.717) is 12.2 Å². The molecule has 7 heteroatoms. The first-order valence-corrected chi connectivity index (χ1v) is 7.90. The number of alkyl halides is 2. The van der Waals surface area contributed by atoms with Crippen LogP contribution in [-0.2, 0) is 6.54 Å². The second kappa shape index (κ2) is 7.51. The Morgan fingerprint density at radius 1 is 1.25 bits per heavy atom. The van der Waals surface area contributed by atoms with Gasteiger partial charge in [-0.05, 0) is 31.9 Å². The van der Waals surface area contributed by atoms with Gasteiger partial charge < -0.3 is 4.90 Å². The van der Waals surface area contributed by atoms with Gasteiger partial charge in [-0.2, -0.15) is 5.10 Å². The summed E-state index contributed by atoms with van der Waals surface area (Å²) in [6, 6.07) is 3.22. The first-order chi connectivity index (χ1) is 11.3. The van der Waals surface area contributed by atoms with E-state index in [4.69, 9.17) is 0 Å². The molecule has 130 valence electrons. The van der Waals surface area contributed by atoms with Crippen molar-refractivity contribution in [2.45, 2.75) is 46.7 Å². The van der Waals surface area contributed by atoms with Crippen LogP contribution in [-0.4, -0.2) is 26.7 Å². The summed E-state index contributed by atoms with van der Waals surface area (Å²) in [6.45, 7) is 7.81. The van der Waals surface area contributed by atoms with E-state index < -0.39 is 12.3 Å². The summed E-state index contributed by atoms with van der Waals surface area (Å²) >= 11 is 0. The maximum absolute atomic E-state index is 13.6. The zero-order valence-electron chi connectivity index (χ0n) is 14.3. The first-order valence-electron chi connectivity index (χ1n) is 7.90. The molecule has 2 aromatic rings. The number of hydrogen-bond acceptors (Lipinski definition) is 3. The Morgan fingerprint density at radius 2 is 1.96 bits per heavy atom. The van der Waals surface area contributed by atoms with E-state index in [1.807, 2.05) is 27.7 Å². The summed E-state index contributed by atoms with van der Waals surface area (Å²) in [5.41, 5.74) is 0.167. The van der Waals surface area contributed by atoms with Gasteiger partial charge in [-0.15, -0.1) is 0 Å². The summed E-state index contributed by atoms with van der Waals surface area (Å²) in [4.78, 5) is 18.4. The van der Waals surface area contributed by atoms with Crippen LogP contribution in [0.5, 0.6) is 0 Å². The first kappa shape index (κ1) is 18.0. The molecule has 0 bridgehead atoms. The minimum atomic E-state index is -2.77. The molecule has 0 aliphatic rings. The molecule has 0 fully saturated rings. The number of nitrogens with zero attached hydrogens (tertiary/aromatic N) is 4. The largest absolute Gasteiger partial charge is 0.304 e. The molecule has 0 aromatic carbocycles. The molecule has 2 heterocycles. The third kappa shape index (κ3) is 3.77. The number of carbonyl (C=O) groups excluding carboxylic acids is 1. The normalized spacial score (nSPS) is 11.5. The fourth-order valence-corrected chi connectivity index (χ4v) is 2.56. The van der Waals surface area contributed by atoms with Crippen molar-refractivity contribution >= 4 is 11.6 Å². The predicted molar refractivity (Wildman–Crippen MR) is 88.2 cm³/mol. The van der Waals surface area contributed by atoms with Crippen LogP contribution >= 0.6 is 0 Å². The fourth-order valence-electron chi connectivity index (χ4n) is 2.56. The third-order valence-corrected chi connectivity index (χ3v) is 3.51. The predicted octanol–water partition coefficient (Wildman–Crippen LogP) is 3.93. The van der Waals surface area contributed by atoms with Crippen LogP contribution < -0.4 is 4.90 Å². The molecule has 0 unspecified atom stereocenters. The maximum Gasteiger partial charge on any atom is 0.280 e. The van der Waals surface area contributed by atoms with Crippen LogP contribution in [0.3, 0.4) is 0 Å². The van der Waals surface area contributed by atoms with Gasteiger partial charge in [0.05, 0.1) is 23.6 Å². The average molecular weight is 336 g/mol. The van der Waals surface area contributed by atoms with Crippen LogP contribution in [0.15, 0.2) is 30.7 Å². The second-order valence-electron chi connectivity index (χ2n) is 6.30. The van der Waals surface area contributed by atoms with E-state index >= 15 is 0 Å². The van der Waals surface area contributed by atoms with Crippen molar-refractivity contribution in [3.63, 3.8) is 0 Å². The van der Waals surface area contributed by atoms with Gasteiger partial charge in [0.2, 0.25) is 0 Å². The van der Waals surface area contributed by atoms with Gasteiger partial charge in [0.1, 0.15) is 5.69 Å². The lowest BCUT2D eigenvalue weighted by atomic mass is 10.1. The number of amides is 1. The molecule has 2 rings (SSSR count). The molecule has 0 spiro atoms. The van der Waals surface area contributed by atoms with Crippen LogP contribution in [0, 0.1) is 5.92 Å². The van der Waals surface area contributed by atoms with Crippen LogP contribution in [0.25, 0.3) is 0 Å². The molecule has 0 aliphatic carbocycles. The van der Waals surface area contributed by atoms with Crippen molar-refractivity contribution < 1.29 is 13.6 Å². The number of carbonyl (C=O) groups is 1. The lowest BCUT2D eigenvalue weighted by Crippen LogP contribution is -2.37. The summed E-state index contributed by atoms with van der Waals surface area (Å²) in [5.74, 6) is -0.354. The van der Waals surface area contributed by atoms with Crippen molar-refractivity contribution in [2.24, 2.45) is 5.92 Å². The highest BCUT2D eigenvalue weighted by Crippen LogP contribution is 2.27. The van der Waals surface area contributed by atoms with Gasteiger partial charge >= 0.3 is 0 Å². The van der Waals surface area contributed by atoms with E-state index in [1.54, 1.807) is 24.5 Å². The SMILES string of the molecule is CC(C)Cn1ncc(C(=O)N(c2cccnc2)C(C)C)c1C(F)F. The smallest absolute Gasteiger partial charge is 0.280 e. The molecule has 0 saturated heterocycles. The Morgan fingerprint density at radius 3 is 2.46 bits per heavy atom. The van der Waals surface area contributed by atoms with Gasteiger partial charge in [-0.3, -0.25) is 14.5 Å². The molecular weight excluding hydrogens is 314 g/mol. The third-order valence-electron chi connectivity index (χ3n) is 3.51. The van der Waals surface area contributed by atoms with Gasteiger partial charge in [0.25, 0.3) is 12.3 Å². The summed E-state index contributed by atoms with van der Waals surface area (Å²) in [5, 5.41) is 4.01. The highest BCUT2D eigenvalue weighted by molar-refractivity contribution is 6.07. The lowest BCUT2D eigenvalue weighted by molar-refractivity contribution is 0.0961. The molecule has 5 nitrogen and oxygen atoms in total. The Hall–Kier alpha value is -2.31. The van der Waals surface area contributed by atoms with Gasteiger partial charge in [-0.25, -0.2) is 8.78 Å². The fraction of sp³-hybridized carbons (Fsp3) is 0.471. The monoisotopic (exact) mass is 336 g/mol. The van der Waals surface area contributed by atoms with Crippen LogP contribution in [0.4, 0.5) is 14.5 Å². The zero-order chi connectivity index (χ0) is 17.9. The number of hydrogen-bond donors (Lipinski definition) is 0. The maximum atomic E-state index is 13.6. The molecule has 0 radical (unpaired) electrons. The highest BCUT2D eigenvalue weighted by atomic mass is 19.3. The van der Waals surface area contributed by atoms with Gasteiger partial charge in [0, 0.05) is 18.8 Å².